The maximum absolute atomic E-state index is 13.7. The van der Waals surface area contributed by atoms with Crippen molar-refractivity contribution in [1.82, 2.24) is 4.98 Å². The van der Waals surface area contributed by atoms with Gasteiger partial charge in [0, 0.05) is 18.5 Å². The molecule has 2 fully saturated rings. The number of carbonyl (C=O) groups is 2. The highest BCUT2D eigenvalue weighted by atomic mass is 35.5. The molecule has 210 valence electrons. The number of ketones is 1. The smallest absolute Gasteiger partial charge is 0.309 e. The number of epoxide rings is 1. The van der Waals surface area contributed by atoms with Crippen molar-refractivity contribution < 1.29 is 29.3 Å². The van der Waals surface area contributed by atoms with Gasteiger partial charge in [-0.05, 0) is 56.7 Å². The molecule has 0 aliphatic carbocycles. The van der Waals surface area contributed by atoms with E-state index < -0.39 is 35.6 Å². The molecule has 0 bridgehead atoms. The molecule has 0 aromatic carbocycles. The first-order chi connectivity index (χ1) is 17.9. The number of hydrogen-bond donors (Lipinski definition) is 2. The molecular formula is C30H42ClNO6. The molecule has 0 radical (unpaired) electrons. The Bertz CT molecular complexity index is 1010. The molecule has 1 aromatic heterocycles. The minimum atomic E-state index is -1.30. The van der Waals surface area contributed by atoms with E-state index in [4.69, 9.17) is 21.1 Å². The molecule has 1 aromatic rings. The summed E-state index contributed by atoms with van der Waals surface area (Å²) in [7, 11) is 0. The number of esters is 1. The number of aromatic nitrogens is 1. The Kier molecular flexibility index (Phi) is 10.3. The van der Waals surface area contributed by atoms with E-state index in [1.807, 2.05) is 19.9 Å². The number of carbonyl (C=O) groups excluding carboxylic acids is 2. The number of halogens is 1. The van der Waals surface area contributed by atoms with Crippen molar-refractivity contribution in [2.24, 2.45) is 17.3 Å². The largest absolute Gasteiger partial charge is 0.456 e. The Hall–Kier alpha value is -2.06. The third-order valence-corrected chi connectivity index (χ3v) is 8.55. The summed E-state index contributed by atoms with van der Waals surface area (Å²) in [6.07, 6.45) is 5.21. The van der Waals surface area contributed by atoms with Crippen LogP contribution in [0, 0.1) is 17.3 Å². The topological polar surface area (TPSA) is 109 Å². The maximum Gasteiger partial charge on any atom is 0.309 e. The predicted octanol–water partition coefficient (Wildman–Crippen LogP) is 5.23. The number of fused-ring (bicyclic) bond motifs is 1. The third-order valence-electron chi connectivity index (χ3n) is 8.19. The van der Waals surface area contributed by atoms with E-state index in [0.717, 1.165) is 19.3 Å². The fraction of sp³-hybridized carbons (Fsp3) is 0.633. The quantitative estimate of drug-likeness (QED) is 0.295. The van der Waals surface area contributed by atoms with Gasteiger partial charge in [-0.15, -0.1) is 6.58 Å². The average molecular weight is 548 g/mol. The Morgan fingerprint density at radius 1 is 1.26 bits per heavy atom. The van der Waals surface area contributed by atoms with Crippen LogP contribution in [0.5, 0.6) is 0 Å². The molecule has 38 heavy (non-hydrogen) atoms. The number of Topliss-reactive ketones (excluding diaryl/α,β-unsaturated/α-hetero) is 1. The predicted molar refractivity (Wildman–Crippen MR) is 147 cm³/mol. The van der Waals surface area contributed by atoms with Crippen LogP contribution in [0.1, 0.15) is 78.3 Å². The van der Waals surface area contributed by atoms with Gasteiger partial charge in [0.05, 0.1) is 46.5 Å². The molecule has 2 aliphatic rings. The standard InChI is InChI=1S/C30H42ClNO6/c1-6-7-13-21-27(35)19(2)11-10-14-30(5)25(38-30)17-23(22(31)16-20-12-8-9-15-32-20)37-26(34)18-24(33)29(3,4)28(21)36/h6,8-9,12,15-16,19,21,23-25,27,33,35H,1,7,10-11,13-14,17-18H2,2-5H3/t19-,21+,23?,24-,25?,27+,30?/m0/s1. The lowest BCUT2D eigenvalue weighted by atomic mass is 9.71. The van der Waals surface area contributed by atoms with Crippen LogP contribution in [-0.2, 0) is 19.1 Å². The minimum absolute atomic E-state index is 0.121. The van der Waals surface area contributed by atoms with E-state index in [1.54, 1.807) is 44.3 Å². The molecule has 2 saturated heterocycles. The number of cyclic esters (lactones) is 1. The van der Waals surface area contributed by atoms with E-state index in [9.17, 15) is 19.8 Å². The lowest BCUT2D eigenvalue weighted by molar-refractivity contribution is -0.154. The molecule has 3 rings (SSSR count). The molecule has 7 atom stereocenters. The normalized spacial score (nSPS) is 35.2. The van der Waals surface area contributed by atoms with Crippen molar-refractivity contribution in [1.29, 1.82) is 0 Å². The lowest BCUT2D eigenvalue weighted by Gasteiger charge is -2.36. The number of ether oxygens (including phenoxy) is 2. The van der Waals surface area contributed by atoms with Crippen LogP contribution >= 0.6 is 11.6 Å². The van der Waals surface area contributed by atoms with Crippen LogP contribution < -0.4 is 0 Å². The molecule has 3 heterocycles. The molecule has 0 spiro atoms. The molecular weight excluding hydrogens is 506 g/mol. The van der Waals surface area contributed by atoms with Gasteiger partial charge in [0.2, 0.25) is 0 Å². The summed E-state index contributed by atoms with van der Waals surface area (Å²) in [5.41, 5.74) is -1.03. The minimum Gasteiger partial charge on any atom is -0.456 e. The fourth-order valence-electron chi connectivity index (χ4n) is 5.27. The number of allylic oxidation sites excluding steroid dienone is 1. The first-order valence-corrected chi connectivity index (χ1v) is 13.9. The van der Waals surface area contributed by atoms with Crippen LogP contribution in [0.3, 0.4) is 0 Å². The molecule has 2 N–H and O–H groups in total. The molecule has 8 heteroatoms. The van der Waals surface area contributed by atoms with Crippen molar-refractivity contribution in [3.05, 3.63) is 47.8 Å². The number of rotatable bonds is 5. The van der Waals surface area contributed by atoms with Crippen LogP contribution in [0.25, 0.3) is 6.08 Å². The van der Waals surface area contributed by atoms with Gasteiger partial charge in [-0.3, -0.25) is 14.6 Å². The van der Waals surface area contributed by atoms with Crippen LogP contribution in [0.15, 0.2) is 42.1 Å². The van der Waals surface area contributed by atoms with Gasteiger partial charge in [0.25, 0.3) is 0 Å². The second-order valence-electron chi connectivity index (χ2n) is 11.6. The summed E-state index contributed by atoms with van der Waals surface area (Å²) < 4.78 is 11.8. The van der Waals surface area contributed by atoms with Gasteiger partial charge >= 0.3 is 5.97 Å². The monoisotopic (exact) mass is 547 g/mol. The number of aliphatic hydroxyl groups is 2. The third kappa shape index (κ3) is 7.53. The van der Waals surface area contributed by atoms with E-state index >= 15 is 0 Å². The summed E-state index contributed by atoms with van der Waals surface area (Å²) in [6, 6.07) is 5.44. The highest BCUT2D eigenvalue weighted by Gasteiger charge is 2.53. The number of nitrogens with zero attached hydrogens (tertiary/aromatic N) is 1. The summed E-state index contributed by atoms with van der Waals surface area (Å²) in [4.78, 5) is 30.9. The average Bonchev–Trinajstić information content (AvgIpc) is 3.51. The van der Waals surface area contributed by atoms with E-state index in [1.165, 1.54) is 0 Å². The fourth-order valence-corrected chi connectivity index (χ4v) is 5.52. The van der Waals surface area contributed by atoms with Gasteiger partial charge in [-0.2, -0.15) is 0 Å². The summed E-state index contributed by atoms with van der Waals surface area (Å²) in [5.74, 6) is -1.74. The first kappa shape index (κ1) is 30.5. The number of pyridine rings is 1. The molecule has 3 unspecified atom stereocenters. The van der Waals surface area contributed by atoms with Crippen molar-refractivity contribution in [3.63, 3.8) is 0 Å². The van der Waals surface area contributed by atoms with Gasteiger partial charge in [-0.25, -0.2) is 0 Å². The Morgan fingerprint density at radius 2 is 2.00 bits per heavy atom. The van der Waals surface area contributed by atoms with Crippen LogP contribution in [0.2, 0.25) is 0 Å². The SMILES string of the molecule is C=CCC[C@H]1C(=O)C(C)(C)[C@@H](O)CC(=O)OC(C(Cl)=Cc2ccccn2)CC2OC2(C)CCC[C@H](C)[C@H]1O. The van der Waals surface area contributed by atoms with Crippen molar-refractivity contribution in [3.8, 4) is 0 Å². The zero-order valence-electron chi connectivity index (χ0n) is 22.9. The number of hydrogen-bond acceptors (Lipinski definition) is 7. The van der Waals surface area contributed by atoms with Gasteiger partial charge in [0.15, 0.2) is 0 Å². The Balaban J connectivity index is 1.88. The Morgan fingerprint density at radius 3 is 2.66 bits per heavy atom. The molecule has 7 nitrogen and oxygen atoms in total. The second kappa shape index (κ2) is 12.9. The highest BCUT2D eigenvalue weighted by Crippen LogP contribution is 2.45. The Labute approximate surface area is 231 Å². The second-order valence-corrected chi connectivity index (χ2v) is 12.0. The molecule has 0 saturated carbocycles. The number of aliphatic hydroxyl groups excluding tert-OH is 2. The van der Waals surface area contributed by atoms with Crippen molar-refractivity contribution in [2.45, 2.75) is 103 Å². The first-order valence-electron chi connectivity index (χ1n) is 13.6. The molecule has 2 aliphatic heterocycles. The summed E-state index contributed by atoms with van der Waals surface area (Å²) in [5, 5.41) is 22.5. The maximum atomic E-state index is 13.7. The van der Waals surface area contributed by atoms with E-state index in [2.05, 4.69) is 11.6 Å². The summed E-state index contributed by atoms with van der Waals surface area (Å²) >= 11 is 6.64. The highest BCUT2D eigenvalue weighted by molar-refractivity contribution is 6.32. The van der Waals surface area contributed by atoms with Crippen molar-refractivity contribution in [2.75, 3.05) is 0 Å². The van der Waals surface area contributed by atoms with E-state index in [-0.39, 0.29) is 29.8 Å². The lowest BCUT2D eigenvalue weighted by Crippen LogP contribution is -2.46. The zero-order valence-corrected chi connectivity index (χ0v) is 23.7. The van der Waals surface area contributed by atoms with Crippen LogP contribution in [0.4, 0.5) is 0 Å². The van der Waals surface area contributed by atoms with Crippen molar-refractivity contribution >= 4 is 29.4 Å². The van der Waals surface area contributed by atoms with E-state index in [0.29, 0.717) is 30.0 Å². The van der Waals surface area contributed by atoms with Gasteiger partial charge in [0.1, 0.15) is 11.9 Å². The van der Waals surface area contributed by atoms with Crippen LogP contribution in [-0.4, -0.2) is 57.0 Å². The zero-order chi connectivity index (χ0) is 28.1. The summed E-state index contributed by atoms with van der Waals surface area (Å²) in [6.45, 7) is 11.0. The molecule has 0 amide bonds. The van der Waals surface area contributed by atoms with Gasteiger partial charge < -0.3 is 19.7 Å². The van der Waals surface area contributed by atoms with Gasteiger partial charge in [-0.1, -0.05) is 50.9 Å².